The average molecular weight is 245 g/mol. The number of carbonyl (C=O) groups excluding carboxylic acids is 1. The van der Waals surface area contributed by atoms with Gasteiger partial charge in [0.1, 0.15) is 0 Å². The smallest absolute Gasteiger partial charge is 0.340 e. The van der Waals surface area contributed by atoms with Gasteiger partial charge in [0, 0.05) is 13.2 Å². The van der Waals surface area contributed by atoms with Gasteiger partial charge < -0.3 is 10.1 Å². The Morgan fingerprint density at radius 2 is 2.22 bits per heavy atom. The Bertz CT molecular complexity index is 549. The van der Waals surface area contributed by atoms with Crippen LogP contribution in [0.15, 0.2) is 36.7 Å². The Morgan fingerprint density at radius 1 is 1.44 bits per heavy atom. The molecule has 0 saturated carbocycles. The molecule has 0 aliphatic heterocycles. The maximum absolute atomic E-state index is 11.8. The van der Waals surface area contributed by atoms with Gasteiger partial charge in [-0.2, -0.15) is 5.10 Å². The second-order valence-electron chi connectivity index (χ2n) is 3.79. The summed E-state index contributed by atoms with van der Waals surface area (Å²) in [7, 11) is 1.84. The molecule has 0 saturated heterocycles. The minimum Gasteiger partial charge on any atom is -0.462 e. The number of anilines is 2. The predicted molar refractivity (Wildman–Crippen MR) is 68.9 cm³/mol. The first-order valence-corrected chi connectivity index (χ1v) is 5.72. The number of rotatable bonds is 4. The Labute approximate surface area is 105 Å². The Hall–Kier alpha value is -2.30. The van der Waals surface area contributed by atoms with E-state index in [1.165, 1.54) is 0 Å². The van der Waals surface area contributed by atoms with Crippen LogP contribution in [0.5, 0.6) is 0 Å². The number of nitrogens with zero attached hydrogens (tertiary/aromatic N) is 2. The van der Waals surface area contributed by atoms with Crippen molar-refractivity contribution < 1.29 is 9.53 Å². The molecule has 5 heteroatoms. The summed E-state index contributed by atoms with van der Waals surface area (Å²) in [6, 6.07) is 7.23. The molecule has 18 heavy (non-hydrogen) atoms. The molecule has 0 fully saturated rings. The van der Waals surface area contributed by atoms with Crippen molar-refractivity contribution in [3.8, 4) is 0 Å². The van der Waals surface area contributed by atoms with Crippen LogP contribution in [0.2, 0.25) is 0 Å². The van der Waals surface area contributed by atoms with Crippen LogP contribution in [-0.4, -0.2) is 22.4 Å². The van der Waals surface area contributed by atoms with Crippen molar-refractivity contribution in [2.45, 2.75) is 6.92 Å². The SMILES string of the molecule is CCOC(=O)c1ccccc1Nc1cnn(C)c1. The average Bonchev–Trinajstić information content (AvgIpc) is 2.76. The second kappa shape index (κ2) is 5.35. The highest BCUT2D eigenvalue weighted by Gasteiger charge is 2.12. The molecule has 0 aliphatic carbocycles. The predicted octanol–water partition coefficient (Wildman–Crippen LogP) is 2.34. The first-order valence-electron chi connectivity index (χ1n) is 5.72. The molecular formula is C13H15N3O2. The summed E-state index contributed by atoms with van der Waals surface area (Å²) in [5.74, 6) is -0.329. The highest BCUT2D eigenvalue weighted by molar-refractivity contribution is 5.96. The Morgan fingerprint density at radius 3 is 2.89 bits per heavy atom. The van der Waals surface area contributed by atoms with Gasteiger partial charge in [0.05, 0.1) is 29.7 Å². The second-order valence-corrected chi connectivity index (χ2v) is 3.79. The van der Waals surface area contributed by atoms with Crippen LogP contribution in [-0.2, 0) is 11.8 Å². The van der Waals surface area contributed by atoms with Gasteiger partial charge in [-0.1, -0.05) is 12.1 Å². The summed E-state index contributed by atoms with van der Waals surface area (Å²) < 4.78 is 6.70. The van der Waals surface area contributed by atoms with E-state index in [0.717, 1.165) is 5.69 Å². The number of aryl methyl sites for hydroxylation is 1. The molecule has 0 spiro atoms. The minimum atomic E-state index is -0.329. The van der Waals surface area contributed by atoms with Gasteiger partial charge in [-0.25, -0.2) is 4.79 Å². The van der Waals surface area contributed by atoms with E-state index >= 15 is 0 Å². The molecular weight excluding hydrogens is 230 g/mol. The summed E-state index contributed by atoms with van der Waals surface area (Å²) in [6.45, 7) is 2.15. The first kappa shape index (κ1) is 12.2. The van der Waals surface area contributed by atoms with E-state index < -0.39 is 0 Å². The topological polar surface area (TPSA) is 56.1 Å². The quantitative estimate of drug-likeness (QED) is 0.840. The molecule has 5 nitrogen and oxygen atoms in total. The third-order valence-corrected chi connectivity index (χ3v) is 2.41. The summed E-state index contributed by atoms with van der Waals surface area (Å²) in [6.07, 6.45) is 3.53. The van der Waals surface area contributed by atoms with Crippen LogP contribution in [0.25, 0.3) is 0 Å². The number of para-hydroxylation sites is 1. The molecule has 0 aliphatic rings. The van der Waals surface area contributed by atoms with E-state index in [-0.39, 0.29) is 5.97 Å². The van der Waals surface area contributed by atoms with Crippen LogP contribution in [0.3, 0.4) is 0 Å². The number of nitrogens with one attached hydrogen (secondary N) is 1. The van der Waals surface area contributed by atoms with E-state index in [4.69, 9.17) is 4.74 Å². The highest BCUT2D eigenvalue weighted by atomic mass is 16.5. The lowest BCUT2D eigenvalue weighted by Crippen LogP contribution is -2.07. The van der Waals surface area contributed by atoms with Gasteiger partial charge in [-0.15, -0.1) is 0 Å². The first-order chi connectivity index (χ1) is 8.70. The van der Waals surface area contributed by atoms with E-state index in [0.29, 0.717) is 17.9 Å². The van der Waals surface area contributed by atoms with Crippen LogP contribution >= 0.6 is 0 Å². The molecule has 0 unspecified atom stereocenters. The van der Waals surface area contributed by atoms with Gasteiger partial charge in [0.15, 0.2) is 0 Å². The molecule has 0 atom stereocenters. The third kappa shape index (κ3) is 2.68. The van der Waals surface area contributed by atoms with Gasteiger partial charge in [0.25, 0.3) is 0 Å². The lowest BCUT2D eigenvalue weighted by atomic mass is 10.2. The number of hydrogen-bond donors (Lipinski definition) is 1. The molecule has 94 valence electrons. The lowest BCUT2D eigenvalue weighted by molar-refractivity contribution is 0.0527. The zero-order valence-electron chi connectivity index (χ0n) is 10.4. The van der Waals surface area contributed by atoms with Crippen molar-refractivity contribution in [3.05, 3.63) is 42.2 Å². The zero-order valence-corrected chi connectivity index (χ0v) is 10.4. The molecule has 1 aromatic heterocycles. The van der Waals surface area contributed by atoms with Crippen molar-refractivity contribution in [2.24, 2.45) is 7.05 Å². The Kier molecular flexibility index (Phi) is 3.62. The number of aromatic nitrogens is 2. The molecule has 2 aromatic rings. The minimum absolute atomic E-state index is 0.329. The van der Waals surface area contributed by atoms with Crippen molar-refractivity contribution in [1.82, 2.24) is 9.78 Å². The molecule has 0 bridgehead atoms. The molecule has 2 rings (SSSR count). The van der Waals surface area contributed by atoms with Crippen LogP contribution in [0.4, 0.5) is 11.4 Å². The normalized spacial score (nSPS) is 10.1. The van der Waals surface area contributed by atoms with Crippen molar-refractivity contribution in [3.63, 3.8) is 0 Å². The fourth-order valence-electron chi connectivity index (χ4n) is 1.62. The number of ether oxygens (including phenoxy) is 1. The molecule has 1 aromatic carbocycles. The summed E-state index contributed by atoms with van der Waals surface area (Å²) >= 11 is 0. The third-order valence-electron chi connectivity index (χ3n) is 2.41. The van der Waals surface area contributed by atoms with Crippen LogP contribution in [0, 0.1) is 0 Å². The molecule has 1 heterocycles. The maximum Gasteiger partial charge on any atom is 0.340 e. The Balaban J connectivity index is 2.24. The van der Waals surface area contributed by atoms with E-state index in [1.54, 1.807) is 29.9 Å². The van der Waals surface area contributed by atoms with Crippen molar-refractivity contribution in [1.29, 1.82) is 0 Å². The summed E-state index contributed by atoms with van der Waals surface area (Å²) in [5.41, 5.74) is 2.06. The molecule has 1 N–H and O–H groups in total. The van der Waals surface area contributed by atoms with E-state index in [2.05, 4.69) is 10.4 Å². The fraction of sp³-hybridized carbons (Fsp3) is 0.231. The molecule has 0 amide bonds. The number of benzene rings is 1. The van der Waals surface area contributed by atoms with Crippen LogP contribution in [0.1, 0.15) is 17.3 Å². The molecule has 0 radical (unpaired) electrons. The fourth-order valence-corrected chi connectivity index (χ4v) is 1.62. The summed E-state index contributed by atoms with van der Waals surface area (Å²) in [5, 5.41) is 7.21. The highest BCUT2D eigenvalue weighted by Crippen LogP contribution is 2.21. The largest absolute Gasteiger partial charge is 0.462 e. The monoisotopic (exact) mass is 245 g/mol. The van der Waals surface area contributed by atoms with Crippen LogP contribution < -0.4 is 5.32 Å². The van der Waals surface area contributed by atoms with Gasteiger partial charge >= 0.3 is 5.97 Å². The van der Waals surface area contributed by atoms with Gasteiger partial charge in [0.2, 0.25) is 0 Å². The van der Waals surface area contributed by atoms with Crippen molar-refractivity contribution in [2.75, 3.05) is 11.9 Å². The number of esters is 1. The lowest BCUT2D eigenvalue weighted by Gasteiger charge is -2.09. The standard InChI is InChI=1S/C13H15N3O2/c1-3-18-13(17)11-6-4-5-7-12(11)15-10-8-14-16(2)9-10/h4-9,15H,3H2,1-2H3. The van der Waals surface area contributed by atoms with E-state index in [1.807, 2.05) is 25.4 Å². The van der Waals surface area contributed by atoms with Gasteiger partial charge in [-0.3, -0.25) is 4.68 Å². The maximum atomic E-state index is 11.8. The zero-order chi connectivity index (χ0) is 13.0. The van der Waals surface area contributed by atoms with Gasteiger partial charge in [-0.05, 0) is 19.1 Å². The summed E-state index contributed by atoms with van der Waals surface area (Å²) in [4.78, 5) is 11.8. The number of hydrogen-bond acceptors (Lipinski definition) is 4. The van der Waals surface area contributed by atoms with Crippen molar-refractivity contribution >= 4 is 17.3 Å². The van der Waals surface area contributed by atoms with E-state index in [9.17, 15) is 4.79 Å². The number of carbonyl (C=O) groups is 1.